The Labute approximate surface area is 265 Å². The van der Waals surface area contributed by atoms with Crippen LogP contribution in [0.4, 0.5) is 10.5 Å². The normalized spacial score (nSPS) is 13.6. The molecule has 0 aliphatic rings. The van der Waals surface area contributed by atoms with Crippen LogP contribution in [0, 0.1) is 5.92 Å². The molecular weight excluding hydrogens is 574 g/mol. The van der Waals surface area contributed by atoms with Gasteiger partial charge in [-0.1, -0.05) is 56.3 Å². The molecule has 0 radical (unpaired) electrons. The maximum Gasteiger partial charge on any atom is 0.408 e. The quantitative estimate of drug-likeness (QED) is 0.182. The summed E-state index contributed by atoms with van der Waals surface area (Å²) in [5, 5.41) is 17.9. The summed E-state index contributed by atoms with van der Waals surface area (Å²) in [7, 11) is 0. The molecule has 3 N–H and O–H groups in total. The maximum absolute atomic E-state index is 14.6. The van der Waals surface area contributed by atoms with Crippen molar-refractivity contribution in [3.8, 4) is 5.75 Å². The van der Waals surface area contributed by atoms with Crippen LogP contribution in [0.25, 0.3) is 10.8 Å². The second kappa shape index (κ2) is 15.8. The van der Waals surface area contributed by atoms with Gasteiger partial charge in [0.15, 0.2) is 0 Å². The molecule has 44 heavy (non-hydrogen) atoms. The first kappa shape index (κ1) is 34.8. The van der Waals surface area contributed by atoms with E-state index in [0.29, 0.717) is 35.8 Å². The summed E-state index contributed by atoms with van der Waals surface area (Å²) in [6.07, 6.45) is 3.11. The van der Waals surface area contributed by atoms with Crippen molar-refractivity contribution in [1.82, 2.24) is 10.2 Å². The van der Waals surface area contributed by atoms with Crippen molar-refractivity contribution in [1.29, 1.82) is 0 Å². The zero-order valence-corrected chi connectivity index (χ0v) is 27.7. The number of benzene rings is 3. The SMILES string of the molecule is CSCCC(NC(=O)OC(C)(C)C)C(=O)N(C(C)CCC(C)C)C(C(=O)Nc1ccc2ccccc2c1)c1ccc(O)cc1. The highest BCUT2D eigenvalue weighted by molar-refractivity contribution is 7.98. The van der Waals surface area contributed by atoms with E-state index < -0.39 is 29.7 Å². The molecule has 3 amide bonds. The first-order valence-corrected chi connectivity index (χ1v) is 16.6. The van der Waals surface area contributed by atoms with E-state index in [0.717, 1.165) is 17.2 Å². The summed E-state index contributed by atoms with van der Waals surface area (Å²) in [4.78, 5) is 43.3. The standard InChI is InChI=1S/C35H47N3O5S/c1-23(2)12-13-24(3)38(33(41)30(20-21-44-7)37-34(42)43-35(4,5)6)31(26-15-18-29(39)19-16-26)32(40)36-28-17-14-25-10-8-9-11-27(25)22-28/h8-11,14-19,22-24,30-31,39H,12-13,20-21H2,1-7H3,(H,36,40)(H,37,42). The van der Waals surface area contributed by atoms with E-state index in [4.69, 9.17) is 4.74 Å². The fourth-order valence-electron chi connectivity index (χ4n) is 5.01. The molecule has 0 saturated carbocycles. The van der Waals surface area contributed by atoms with E-state index in [-0.39, 0.29) is 17.7 Å². The maximum atomic E-state index is 14.6. The Morgan fingerprint density at radius 3 is 2.18 bits per heavy atom. The number of amides is 3. The lowest BCUT2D eigenvalue weighted by atomic mass is 9.96. The number of alkyl carbamates (subject to hydrolysis) is 1. The molecule has 238 valence electrons. The van der Waals surface area contributed by atoms with Crippen LogP contribution in [0.5, 0.6) is 5.75 Å². The Morgan fingerprint density at radius 1 is 0.909 bits per heavy atom. The van der Waals surface area contributed by atoms with Crippen LogP contribution in [0.1, 0.15) is 72.4 Å². The minimum Gasteiger partial charge on any atom is -0.508 e. The van der Waals surface area contributed by atoms with Gasteiger partial charge in [-0.25, -0.2) is 4.79 Å². The molecular formula is C35H47N3O5S. The summed E-state index contributed by atoms with van der Waals surface area (Å²) < 4.78 is 5.50. The number of nitrogens with one attached hydrogen (secondary N) is 2. The van der Waals surface area contributed by atoms with E-state index in [1.54, 1.807) is 49.6 Å². The summed E-state index contributed by atoms with van der Waals surface area (Å²) in [6.45, 7) is 11.5. The van der Waals surface area contributed by atoms with Crippen molar-refractivity contribution in [2.45, 2.75) is 84.5 Å². The van der Waals surface area contributed by atoms with E-state index in [1.807, 2.05) is 55.6 Å². The van der Waals surface area contributed by atoms with Gasteiger partial charge >= 0.3 is 6.09 Å². The Morgan fingerprint density at radius 2 is 1.57 bits per heavy atom. The summed E-state index contributed by atoms with van der Waals surface area (Å²) >= 11 is 1.57. The lowest BCUT2D eigenvalue weighted by molar-refractivity contribution is -0.143. The fourth-order valence-corrected chi connectivity index (χ4v) is 5.48. The van der Waals surface area contributed by atoms with Gasteiger partial charge < -0.3 is 25.4 Å². The van der Waals surface area contributed by atoms with E-state index in [9.17, 15) is 19.5 Å². The van der Waals surface area contributed by atoms with Crippen molar-refractivity contribution in [2.24, 2.45) is 5.92 Å². The number of hydrogen-bond donors (Lipinski definition) is 3. The van der Waals surface area contributed by atoms with Gasteiger partial charge in [0.25, 0.3) is 5.91 Å². The topological polar surface area (TPSA) is 108 Å². The summed E-state index contributed by atoms with van der Waals surface area (Å²) in [5.41, 5.74) is 0.410. The molecule has 0 aromatic heterocycles. The Kier molecular flexibility index (Phi) is 12.5. The van der Waals surface area contributed by atoms with Crippen molar-refractivity contribution in [2.75, 3.05) is 17.3 Å². The molecule has 3 atom stereocenters. The van der Waals surface area contributed by atoms with Crippen LogP contribution < -0.4 is 10.6 Å². The highest BCUT2D eigenvalue weighted by Crippen LogP contribution is 2.31. The van der Waals surface area contributed by atoms with Crippen molar-refractivity contribution in [3.63, 3.8) is 0 Å². The van der Waals surface area contributed by atoms with Crippen LogP contribution in [0.15, 0.2) is 66.7 Å². The molecule has 0 bridgehead atoms. The van der Waals surface area contributed by atoms with Gasteiger partial charge in [-0.2, -0.15) is 11.8 Å². The van der Waals surface area contributed by atoms with Gasteiger partial charge in [0.1, 0.15) is 23.4 Å². The predicted molar refractivity (Wildman–Crippen MR) is 180 cm³/mol. The first-order valence-electron chi connectivity index (χ1n) is 15.2. The molecule has 0 aliphatic carbocycles. The third kappa shape index (κ3) is 10.2. The van der Waals surface area contributed by atoms with Crippen LogP contribution >= 0.6 is 11.8 Å². The average Bonchev–Trinajstić information content (AvgIpc) is 2.96. The Hall–Kier alpha value is -3.72. The Bertz CT molecular complexity index is 1400. The summed E-state index contributed by atoms with van der Waals surface area (Å²) in [6, 6.07) is 17.6. The van der Waals surface area contributed by atoms with Gasteiger partial charge in [0.05, 0.1) is 0 Å². The van der Waals surface area contributed by atoms with Gasteiger partial charge in [-0.3, -0.25) is 9.59 Å². The molecule has 3 aromatic rings. The number of carbonyl (C=O) groups is 3. The number of fused-ring (bicyclic) bond motifs is 1. The number of hydrogen-bond acceptors (Lipinski definition) is 6. The third-order valence-electron chi connectivity index (χ3n) is 7.24. The highest BCUT2D eigenvalue weighted by atomic mass is 32.2. The van der Waals surface area contributed by atoms with Gasteiger partial charge in [0.2, 0.25) is 5.91 Å². The minimum absolute atomic E-state index is 0.0533. The Balaban J connectivity index is 2.08. The molecule has 3 unspecified atom stereocenters. The number of phenolic OH excluding ortho intramolecular Hbond substituents is 1. The molecule has 0 fully saturated rings. The van der Waals surface area contributed by atoms with Crippen molar-refractivity contribution >= 4 is 46.1 Å². The third-order valence-corrected chi connectivity index (χ3v) is 7.89. The number of anilines is 1. The second-order valence-electron chi connectivity index (χ2n) is 12.6. The van der Waals surface area contributed by atoms with Crippen LogP contribution in [0.3, 0.4) is 0 Å². The fraction of sp³-hybridized carbons (Fsp3) is 0.457. The summed E-state index contributed by atoms with van der Waals surface area (Å²) in [5.74, 6) is 0.301. The van der Waals surface area contributed by atoms with Crippen molar-refractivity contribution < 1.29 is 24.2 Å². The van der Waals surface area contributed by atoms with Crippen molar-refractivity contribution in [3.05, 3.63) is 72.3 Å². The predicted octanol–water partition coefficient (Wildman–Crippen LogP) is 7.52. The van der Waals surface area contributed by atoms with Crippen LogP contribution in [-0.4, -0.2) is 57.6 Å². The van der Waals surface area contributed by atoms with Gasteiger partial charge in [0, 0.05) is 11.7 Å². The number of carbonyl (C=O) groups excluding carboxylic acids is 3. The molecule has 0 saturated heterocycles. The van der Waals surface area contributed by atoms with E-state index in [2.05, 4.69) is 24.5 Å². The van der Waals surface area contributed by atoms with Gasteiger partial charge in [-0.15, -0.1) is 0 Å². The molecule has 0 heterocycles. The first-order chi connectivity index (χ1) is 20.8. The molecule has 0 aliphatic heterocycles. The number of ether oxygens (including phenoxy) is 1. The molecule has 3 rings (SSSR count). The molecule has 0 spiro atoms. The zero-order valence-electron chi connectivity index (χ0n) is 26.9. The number of aromatic hydroxyl groups is 1. The molecule has 9 heteroatoms. The highest BCUT2D eigenvalue weighted by Gasteiger charge is 2.39. The monoisotopic (exact) mass is 621 g/mol. The number of phenols is 1. The second-order valence-corrected chi connectivity index (χ2v) is 13.6. The van der Waals surface area contributed by atoms with E-state index >= 15 is 0 Å². The number of thioether (sulfide) groups is 1. The van der Waals surface area contributed by atoms with Gasteiger partial charge in [-0.05, 0) is 105 Å². The minimum atomic E-state index is -1.03. The average molecular weight is 622 g/mol. The smallest absolute Gasteiger partial charge is 0.408 e. The number of nitrogens with zero attached hydrogens (tertiary/aromatic N) is 1. The molecule has 8 nitrogen and oxygen atoms in total. The lowest BCUT2D eigenvalue weighted by Gasteiger charge is -2.39. The lowest BCUT2D eigenvalue weighted by Crippen LogP contribution is -2.55. The largest absolute Gasteiger partial charge is 0.508 e. The number of rotatable bonds is 13. The van der Waals surface area contributed by atoms with Crippen LogP contribution in [0.2, 0.25) is 0 Å². The van der Waals surface area contributed by atoms with Crippen LogP contribution in [-0.2, 0) is 14.3 Å². The molecule has 3 aromatic carbocycles. The van der Waals surface area contributed by atoms with E-state index in [1.165, 1.54) is 12.1 Å². The zero-order chi connectivity index (χ0) is 32.4.